The summed E-state index contributed by atoms with van der Waals surface area (Å²) in [5.74, 6) is 0.207. The molecule has 1 aliphatic heterocycles. The minimum absolute atomic E-state index is 0.116. The van der Waals surface area contributed by atoms with Crippen molar-refractivity contribution in [3.05, 3.63) is 57.6 Å². The minimum atomic E-state index is -0.116. The van der Waals surface area contributed by atoms with Gasteiger partial charge in [0.05, 0.1) is 10.9 Å². The van der Waals surface area contributed by atoms with Gasteiger partial charge in [-0.3, -0.25) is 4.79 Å². The van der Waals surface area contributed by atoms with Crippen LogP contribution in [0.25, 0.3) is 11.3 Å². The van der Waals surface area contributed by atoms with E-state index in [1.165, 1.54) is 10.4 Å². The van der Waals surface area contributed by atoms with Crippen LogP contribution in [-0.2, 0) is 17.8 Å². The SMILES string of the molecule is CC(Sc1nc(-c2ccccc2)cs1)C(=O)N1CCc2sccc2C1. The Morgan fingerprint density at radius 1 is 1.24 bits per heavy atom. The molecular formula is C19H18N2OS3. The summed E-state index contributed by atoms with van der Waals surface area (Å²) in [5, 5.41) is 4.07. The van der Waals surface area contributed by atoms with E-state index >= 15 is 0 Å². The normalized spacial score (nSPS) is 15.0. The molecule has 1 aromatic carbocycles. The number of thiophene rings is 1. The zero-order valence-electron chi connectivity index (χ0n) is 13.8. The first-order chi connectivity index (χ1) is 12.2. The molecular weight excluding hydrogens is 368 g/mol. The summed E-state index contributed by atoms with van der Waals surface area (Å²) in [6.07, 6.45) is 0.978. The standard InChI is InChI=1S/C19H18N2OS3/c1-13(18(22)21-9-7-17-15(11-21)8-10-23-17)25-19-20-16(12-24-19)14-5-3-2-4-6-14/h2-6,8,10,12-13H,7,9,11H2,1H3. The molecule has 0 radical (unpaired) electrons. The van der Waals surface area contributed by atoms with Crippen LogP contribution in [0.4, 0.5) is 0 Å². The molecule has 0 N–H and O–H groups in total. The van der Waals surface area contributed by atoms with Gasteiger partial charge in [-0.05, 0) is 30.4 Å². The molecule has 25 heavy (non-hydrogen) atoms. The van der Waals surface area contributed by atoms with Crippen molar-refractivity contribution in [3.8, 4) is 11.3 Å². The first-order valence-electron chi connectivity index (χ1n) is 8.22. The van der Waals surface area contributed by atoms with Crippen molar-refractivity contribution in [2.24, 2.45) is 0 Å². The van der Waals surface area contributed by atoms with E-state index in [1.807, 2.05) is 30.0 Å². The van der Waals surface area contributed by atoms with Crippen LogP contribution >= 0.6 is 34.4 Å². The van der Waals surface area contributed by atoms with E-state index in [0.29, 0.717) is 0 Å². The third-order valence-corrected chi connectivity index (χ3v) is 7.38. The van der Waals surface area contributed by atoms with Gasteiger partial charge in [-0.1, -0.05) is 42.1 Å². The average molecular weight is 387 g/mol. The minimum Gasteiger partial charge on any atom is -0.337 e. The van der Waals surface area contributed by atoms with Crippen LogP contribution in [0.15, 0.2) is 51.5 Å². The average Bonchev–Trinajstić information content (AvgIpc) is 3.30. The van der Waals surface area contributed by atoms with Crippen molar-refractivity contribution in [2.75, 3.05) is 6.54 Å². The third-order valence-electron chi connectivity index (χ3n) is 4.30. The van der Waals surface area contributed by atoms with E-state index in [0.717, 1.165) is 35.1 Å². The number of hydrogen-bond donors (Lipinski definition) is 0. The number of hydrogen-bond acceptors (Lipinski definition) is 5. The van der Waals surface area contributed by atoms with Crippen LogP contribution in [0.1, 0.15) is 17.4 Å². The lowest BCUT2D eigenvalue weighted by Crippen LogP contribution is -2.39. The number of rotatable bonds is 4. The molecule has 3 aromatic rings. The monoisotopic (exact) mass is 386 g/mol. The van der Waals surface area contributed by atoms with Crippen molar-refractivity contribution in [1.29, 1.82) is 0 Å². The van der Waals surface area contributed by atoms with Crippen LogP contribution in [-0.4, -0.2) is 27.6 Å². The van der Waals surface area contributed by atoms with Crippen molar-refractivity contribution < 1.29 is 4.79 Å². The number of nitrogens with zero attached hydrogens (tertiary/aromatic N) is 2. The lowest BCUT2D eigenvalue weighted by atomic mass is 10.1. The molecule has 1 unspecified atom stereocenters. The predicted octanol–water partition coefficient (Wildman–Crippen LogP) is 4.94. The summed E-state index contributed by atoms with van der Waals surface area (Å²) in [5.41, 5.74) is 3.40. The lowest BCUT2D eigenvalue weighted by molar-refractivity contribution is -0.131. The molecule has 0 spiro atoms. The fourth-order valence-electron chi connectivity index (χ4n) is 2.95. The molecule has 128 valence electrons. The van der Waals surface area contributed by atoms with Crippen molar-refractivity contribution in [3.63, 3.8) is 0 Å². The summed E-state index contributed by atoms with van der Waals surface area (Å²) in [6.45, 7) is 3.56. The Morgan fingerprint density at radius 2 is 2.08 bits per heavy atom. The second kappa shape index (κ2) is 7.32. The van der Waals surface area contributed by atoms with Crippen LogP contribution in [0.3, 0.4) is 0 Å². The van der Waals surface area contributed by atoms with Gasteiger partial charge in [0.2, 0.25) is 5.91 Å². The molecule has 2 aromatic heterocycles. The molecule has 6 heteroatoms. The number of aromatic nitrogens is 1. The lowest BCUT2D eigenvalue weighted by Gasteiger charge is -2.29. The van der Waals surface area contributed by atoms with Gasteiger partial charge in [-0.2, -0.15) is 0 Å². The maximum Gasteiger partial charge on any atom is 0.236 e. The summed E-state index contributed by atoms with van der Waals surface area (Å²) in [6, 6.07) is 12.3. The fraction of sp³-hybridized carbons (Fsp3) is 0.263. The van der Waals surface area contributed by atoms with E-state index in [1.54, 1.807) is 34.4 Å². The molecule has 0 saturated carbocycles. The molecule has 1 amide bonds. The number of amides is 1. The van der Waals surface area contributed by atoms with Gasteiger partial charge in [0, 0.05) is 28.9 Å². The fourth-order valence-corrected chi connectivity index (χ4v) is 5.89. The van der Waals surface area contributed by atoms with Crippen molar-refractivity contribution in [2.45, 2.75) is 29.5 Å². The van der Waals surface area contributed by atoms with Gasteiger partial charge in [0.1, 0.15) is 0 Å². The Hall–Kier alpha value is -1.63. The van der Waals surface area contributed by atoms with Gasteiger partial charge in [-0.25, -0.2) is 4.98 Å². The van der Waals surface area contributed by atoms with Crippen molar-refractivity contribution in [1.82, 2.24) is 9.88 Å². The van der Waals surface area contributed by atoms with Gasteiger partial charge < -0.3 is 4.90 Å². The number of thioether (sulfide) groups is 1. The smallest absolute Gasteiger partial charge is 0.236 e. The second-order valence-electron chi connectivity index (χ2n) is 6.00. The quantitative estimate of drug-likeness (QED) is 0.596. The highest BCUT2D eigenvalue weighted by molar-refractivity contribution is 8.02. The molecule has 4 rings (SSSR count). The molecule has 0 aliphatic carbocycles. The molecule has 1 aliphatic rings. The van der Waals surface area contributed by atoms with E-state index in [4.69, 9.17) is 0 Å². The zero-order valence-corrected chi connectivity index (χ0v) is 16.3. The Morgan fingerprint density at radius 3 is 2.92 bits per heavy atom. The van der Waals surface area contributed by atoms with E-state index in [-0.39, 0.29) is 11.2 Å². The maximum absolute atomic E-state index is 12.8. The van der Waals surface area contributed by atoms with Crippen LogP contribution in [0, 0.1) is 0 Å². The van der Waals surface area contributed by atoms with Crippen LogP contribution in [0.2, 0.25) is 0 Å². The number of carbonyl (C=O) groups excluding carboxylic acids is 1. The Balaban J connectivity index is 1.41. The summed E-state index contributed by atoms with van der Waals surface area (Å²) in [4.78, 5) is 20.9. The van der Waals surface area contributed by atoms with E-state index < -0.39 is 0 Å². The molecule has 1 atom stereocenters. The Bertz CT molecular complexity index is 872. The summed E-state index contributed by atoms with van der Waals surface area (Å²) in [7, 11) is 0. The summed E-state index contributed by atoms with van der Waals surface area (Å²) < 4.78 is 0.952. The summed E-state index contributed by atoms with van der Waals surface area (Å²) >= 11 is 4.97. The molecule has 0 saturated heterocycles. The Kier molecular flexibility index (Phi) is 4.92. The van der Waals surface area contributed by atoms with Crippen LogP contribution in [0.5, 0.6) is 0 Å². The zero-order chi connectivity index (χ0) is 17.2. The molecule has 3 nitrogen and oxygen atoms in total. The highest BCUT2D eigenvalue weighted by atomic mass is 32.2. The topological polar surface area (TPSA) is 33.2 Å². The molecule has 0 fully saturated rings. The van der Waals surface area contributed by atoms with Crippen molar-refractivity contribution >= 4 is 40.3 Å². The van der Waals surface area contributed by atoms with E-state index in [9.17, 15) is 4.79 Å². The Labute approximate surface area is 159 Å². The van der Waals surface area contributed by atoms with Gasteiger partial charge in [0.25, 0.3) is 0 Å². The number of carbonyl (C=O) groups is 1. The number of benzene rings is 1. The highest BCUT2D eigenvalue weighted by Gasteiger charge is 2.26. The first-order valence-corrected chi connectivity index (χ1v) is 10.9. The first kappa shape index (κ1) is 16.8. The number of fused-ring (bicyclic) bond motifs is 1. The van der Waals surface area contributed by atoms with Crippen LogP contribution < -0.4 is 0 Å². The predicted molar refractivity (Wildman–Crippen MR) is 106 cm³/mol. The van der Waals surface area contributed by atoms with Gasteiger partial charge >= 0.3 is 0 Å². The largest absolute Gasteiger partial charge is 0.337 e. The van der Waals surface area contributed by atoms with Gasteiger partial charge in [0.15, 0.2) is 4.34 Å². The highest BCUT2D eigenvalue weighted by Crippen LogP contribution is 2.32. The maximum atomic E-state index is 12.8. The third kappa shape index (κ3) is 3.66. The molecule has 3 heterocycles. The van der Waals surface area contributed by atoms with E-state index in [2.05, 4.69) is 33.9 Å². The van der Waals surface area contributed by atoms with Gasteiger partial charge in [-0.15, -0.1) is 22.7 Å². The molecule has 0 bridgehead atoms. The second-order valence-corrected chi connectivity index (χ2v) is 9.45. The number of thiazole rings is 1.